The van der Waals surface area contributed by atoms with Gasteiger partial charge in [0.2, 0.25) is 0 Å². The second kappa shape index (κ2) is 10.3. The summed E-state index contributed by atoms with van der Waals surface area (Å²) in [6, 6.07) is 11.6. The van der Waals surface area contributed by atoms with Crippen molar-refractivity contribution in [3.8, 4) is 11.5 Å². The van der Waals surface area contributed by atoms with Crippen molar-refractivity contribution in [2.75, 3.05) is 11.5 Å². The van der Waals surface area contributed by atoms with Crippen LogP contribution in [0.4, 0.5) is 18.9 Å². The Balaban J connectivity index is 1.85. The maximum absolute atomic E-state index is 13.3. The number of anilines is 1. The van der Waals surface area contributed by atoms with E-state index in [0.29, 0.717) is 23.7 Å². The zero-order valence-electron chi connectivity index (χ0n) is 21.1. The number of alkyl halides is 3. The summed E-state index contributed by atoms with van der Waals surface area (Å²) in [6.07, 6.45) is -4.89. The van der Waals surface area contributed by atoms with Gasteiger partial charge in [-0.2, -0.15) is 0 Å². The number of amides is 1. The van der Waals surface area contributed by atoms with Crippen LogP contribution >= 0.6 is 0 Å². The summed E-state index contributed by atoms with van der Waals surface area (Å²) < 4.78 is 53.2. The number of carbonyl (C=O) groups excluding carboxylic acids is 2. The Labute approximate surface area is 217 Å². The van der Waals surface area contributed by atoms with Crippen molar-refractivity contribution < 1.29 is 41.8 Å². The zero-order valence-corrected chi connectivity index (χ0v) is 21.1. The van der Waals surface area contributed by atoms with Crippen LogP contribution in [0.5, 0.6) is 11.5 Å². The molecule has 0 radical (unpaired) electrons. The van der Waals surface area contributed by atoms with Gasteiger partial charge in [0.25, 0.3) is 11.7 Å². The molecular formula is C28H26F3NO6. The lowest BCUT2D eigenvalue weighted by Crippen LogP contribution is -2.29. The number of Topliss-reactive ketones (excluding diaryl/α,β-unsaturated/α-hetero) is 1. The van der Waals surface area contributed by atoms with E-state index in [1.165, 1.54) is 12.1 Å². The average molecular weight is 530 g/mol. The van der Waals surface area contributed by atoms with Crippen molar-refractivity contribution in [2.24, 2.45) is 0 Å². The number of hydrogen-bond acceptors (Lipinski definition) is 6. The quantitative estimate of drug-likeness (QED) is 0.210. The molecule has 1 aliphatic rings. The van der Waals surface area contributed by atoms with Crippen LogP contribution in [0.1, 0.15) is 55.4 Å². The third kappa shape index (κ3) is 5.25. The smallest absolute Gasteiger partial charge is 0.507 e. The average Bonchev–Trinajstić information content (AvgIpc) is 3.39. The molecule has 1 atom stereocenters. The molecule has 1 N–H and O–H groups in total. The highest BCUT2D eigenvalue weighted by Gasteiger charge is 2.48. The van der Waals surface area contributed by atoms with Gasteiger partial charge < -0.3 is 19.0 Å². The Morgan fingerprint density at radius 3 is 2.32 bits per heavy atom. The number of furan rings is 1. The number of nitrogens with zero attached hydrogens (tertiary/aromatic N) is 1. The van der Waals surface area contributed by atoms with Gasteiger partial charge in [-0.25, -0.2) is 0 Å². The third-order valence-corrected chi connectivity index (χ3v) is 6.03. The van der Waals surface area contributed by atoms with Crippen molar-refractivity contribution in [2.45, 2.75) is 46.0 Å². The van der Waals surface area contributed by atoms with Gasteiger partial charge in [0.1, 0.15) is 34.8 Å². The number of ketones is 1. The van der Waals surface area contributed by atoms with E-state index in [1.807, 2.05) is 20.8 Å². The van der Waals surface area contributed by atoms with Crippen LogP contribution in [0.25, 0.3) is 5.76 Å². The van der Waals surface area contributed by atoms with Gasteiger partial charge in [0.05, 0.1) is 12.2 Å². The fourth-order valence-corrected chi connectivity index (χ4v) is 4.37. The fourth-order valence-electron chi connectivity index (χ4n) is 4.37. The molecule has 7 nitrogen and oxygen atoms in total. The fraction of sp³-hybridized carbons (Fsp3) is 0.286. The van der Waals surface area contributed by atoms with Gasteiger partial charge in [-0.15, -0.1) is 13.2 Å². The summed E-state index contributed by atoms with van der Waals surface area (Å²) in [5.41, 5.74) is 1.02. The summed E-state index contributed by atoms with van der Waals surface area (Å²) in [5, 5.41) is 11.4. The zero-order chi connectivity index (χ0) is 27.8. The predicted octanol–water partition coefficient (Wildman–Crippen LogP) is 6.64. The topological polar surface area (TPSA) is 89.2 Å². The Morgan fingerprint density at radius 1 is 1.08 bits per heavy atom. The predicted molar refractivity (Wildman–Crippen MR) is 133 cm³/mol. The maximum atomic E-state index is 13.3. The maximum Gasteiger partial charge on any atom is 0.573 e. The molecule has 2 heterocycles. The highest BCUT2D eigenvalue weighted by atomic mass is 19.4. The van der Waals surface area contributed by atoms with Crippen molar-refractivity contribution in [3.63, 3.8) is 0 Å². The number of benzene rings is 2. The molecule has 1 unspecified atom stereocenters. The lowest BCUT2D eigenvalue weighted by atomic mass is 9.95. The first-order valence-corrected chi connectivity index (χ1v) is 11.9. The Bertz CT molecular complexity index is 1390. The van der Waals surface area contributed by atoms with E-state index in [2.05, 4.69) is 4.74 Å². The molecule has 4 rings (SSSR count). The van der Waals surface area contributed by atoms with Crippen LogP contribution in [-0.4, -0.2) is 29.8 Å². The van der Waals surface area contributed by atoms with Crippen LogP contribution in [0.2, 0.25) is 0 Å². The van der Waals surface area contributed by atoms with Gasteiger partial charge in [-0.3, -0.25) is 14.5 Å². The van der Waals surface area contributed by atoms with Crippen molar-refractivity contribution in [3.05, 3.63) is 82.8 Å². The minimum Gasteiger partial charge on any atom is -0.507 e. The Morgan fingerprint density at radius 2 is 1.76 bits per heavy atom. The van der Waals surface area contributed by atoms with Crippen molar-refractivity contribution in [1.82, 2.24) is 0 Å². The molecule has 0 aliphatic carbocycles. The monoisotopic (exact) mass is 529 g/mol. The molecule has 3 aromatic rings. The van der Waals surface area contributed by atoms with Gasteiger partial charge in [-0.05, 0) is 79.9 Å². The largest absolute Gasteiger partial charge is 0.573 e. The minimum absolute atomic E-state index is 0.0349. The van der Waals surface area contributed by atoms with Crippen molar-refractivity contribution in [1.29, 1.82) is 0 Å². The summed E-state index contributed by atoms with van der Waals surface area (Å²) in [4.78, 5) is 27.6. The molecule has 38 heavy (non-hydrogen) atoms. The summed E-state index contributed by atoms with van der Waals surface area (Å²) >= 11 is 0. The first-order valence-electron chi connectivity index (χ1n) is 11.9. The molecular weight excluding hydrogens is 503 g/mol. The molecule has 1 aromatic heterocycles. The molecule has 1 fully saturated rings. The highest BCUT2D eigenvalue weighted by molar-refractivity contribution is 6.51. The third-order valence-electron chi connectivity index (χ3n) is 6.03. The lowest BCUT2D eigenvalue weighted by Gasteiger charge is -2.24. The Hall–Kier alpha value is -4.21. The minimum atomic E-state index is -4.89. The van der Waals surface area contributed by atoms with Crippen LogP contribution in [0.3, 0.4) is 0 Å². The van der Waals surface area contributed by atoms with Gasteiger partial charge in [-0.1, -0.05) is 13.8 Å². The second-order valence-corrected chi connectivity index (χ2v) is 9.00. The molecule has 1 saturated heterocycles. The molecule has 0 spiro atoms. The molecule has 10 heteroatoms. The first kappa shape index (κ1) is 26.8. The Kier molecular flexibility index (Phi) is 7.26. The number of rotatable bonds is 7. The summed E-state index contributed by atoms with van der Waals surface area (Å²) in [5.74, 6) is -1.45. The van der Waals surface area contributed by atoms with Crippen molar-refractivity contribution >= 4 is 23.1 Å². The molecule has 0 bridgehead atoms. The number of carbonyl (C=O) groups is 2. The molecule has 0 saturated carbocycles. The van der Waals surface area contributed by atoms with Gasteiger partial charge in [0, 0.05) is 11.3 Å². The van der Waals surface area contributed by atoms with Crippen LogP contribution in [0.15, 0.2) is 64.6 Å². The SMILES string of the molecule is CCOc1ccc(/C(O)=C2/C(=O)C(=O)N(c3ccc(OC(F)(F)F)cc3)C2c2ccc(C)o2)cc1C(C)C. The van der Waals surface area contributed by atoms with E-state index in [-0.39, 0.29) is 22.9 Å². The molecule has 2 aromatic carbocycles. The normalized spacial score (nSPS) is 17.4. The molecule has 1 amide bonds. The summed E-state index contributed by atoms with van der Waals surface area (Å²) in [7, 11) is 0. The second-order valence-electron chi connectivity index (χ2n) is 9.00. The number of ether oxygens (including phenoxy) is 2. The summed E-state index contributed by atoms with van der Waals surface area (Å²) in [6.45, 7) is 7.89. The number of halogens is 3. The molecule has 200 valence electrons. The lowest BCUT2D eigenvalue weighted by molar-refractivity contribution is -0.274. The van der Waals surface area contributed by atoms with E-state index >= 15 is 0 Å². The number of aliphatic hydroxyl groups is 1. The standard InChI is InChI=1S/C28H26F3NO6/c1-5-36-21-13-7-17(14-20(21)15(2)3)25(33)23-24(22-12-6-16(4)37-22)32(27(35)26(23)34)18-8-10-19(11-9-18)38-28(29,30)31/h6-15,24,33H,5H2,1-4H3/b25-23-. The van der Waals surface area contributed by atoms with Crippen LogP contribution in [0, 0.1) is 6.92 Å². The number of hydrogen-bond donors (Lipinski definition) is 1. The van der Waals surface area contributed by atoms with Gasteiger partial charge >= 0.3 is 6.36 Å². The van der Waals surface area contributed by atoms with Crippen LogP contribution in [-0.2, 0) is 9.59 Å². The van der Waals surface area contributed by atoms with E-state index in [0.717, 1.165) is 22.6 Å². The van der Waals surface area contributed by atoms with E-state index in [4.69, 9.17) is 9.15 Å². The first-order chi connectivity index (χ1) is 17.9. The highest BCUT2D eigenvalue weighted by Crippen LogP contribution is 2.43. The number of aryl methyl sites for hydroxylation is 1. The van der Waals surface area contributed by atoms with Crippen LogP contribution < -0.4 is 14.4 Å². The number of aliphatic hydroxyl groups excluding tert-OH is 1. The van der Waals surface area contributed by atoms with E-state index in [1.54, 1.807) is 37.3 Å². The van der Waals surface area contributed by atoms with Gasteiger partial charge in [0.15, 0.2) is 0 Å². The van der Waals surface area contributed by atoms with E-state index in [9.17, 15) is 27.9 Å². The molecule has 1 aliphatic heterocycles. The van der Waals surface area contributed by atoms with E-state index < -0.39 is 35.6 Å².